The van der Waals surface area contributed by atoms with Gasteiger partial charge < -0.3 is 4.90 Å². The van der Waals surface area contributed by atoms with E-state index >= 15 is 0 Å². The number of pyridine rings is 1. The van der Waals surface area contributed by atoms with Crippen LogP contribution in [-0.2, 0) is 0 Å². The first kappa shape index (κ1) is 18.3. The van der Waals surface area contributed by atoms with Gasteiger partial charge in [0.05, 0.1) is 10.7 Å². The van der Waals surface area contributed by atoms with Crippen LogP contribution in [0.5, 0.6) is 0 Å². The zero-order valence-corrected chi connectivity index (χ0v) is 18.3. The first-order valence-corrected chi connectivity index (χ1v) is 11.6. The van der Waals surface area contributed by atoms with Crippen molar-refractivity contribution in [3.63, 3.8) is 0 Å². The van der Waals surface area contributed by atoms with Gasteiger partial charge in [0.25, 0.3) is 0 Å². The number of benzene rings is 1. The summed E-state index contributed by atoms with van der Waals surface area (Å²) >= 11 is 1.87. The lowest BCUT2D eigenvalue weighted by Crippen LogP contribution is -2.48. The first-order valence-electron chi connectivity index (χ1n) is 10.8. The molecule has 0 spiro atoms. The molecule has 0 amide bonds. The highest BCUT2D eigenvalue weighted by Gasteiger charge is 2.45. The normalized spacial score (nSPS) is 28.2. The van der Waals surface area contributed by atoms with E-state index in [2.05, 4.69) is 79.8 Å². The predicted molar refractivity (Wildman–Crippen MR) is 118 cm³/mol. The van der Waals surface area contributed by atoms with Gasteiger partial charge >= 0.3 is 0 Å². The van der Waals surface area contributed by atoms with E-state index in [-0.39, 0.29) is 0 Å². The van der Waals surface area contributed by atoms with Crippen LogP contribution in [0.25, 0.3) is 6.08 Å². The maximum atomic E-state index is 2.60. The maximum absolute atomic E-state index is 2.60. The van der Waals surface area contributed by atoms with Crippen molar-refractivity contribution in [2.75, 3.05) is 11.9 Å². The molecule has 0 saturated heterocycles. The highest BCUT2D eigenvalue weighted by atomic mass is 32.2. The van der Waals surface area contributed by atoms with Crippen LogP contribution in [-0.4, -0.2) is 7.05 Å². The van der Waals surface area contributed by atoms with Crippen molar-refractivity contribution in [1.29, 1.82) is 0 Å². The Hall–Kier alpha value is -1.74. The Balaban J connectivity index is 1.43. The number of aryl methyl sites for hydroxylation is 2. The van der Waals surface area contributed by atoms with Gasteiger partial charge in [-0.25, -0.2) is 0 Å². The van der Waals surface area contributed by atoms with Gasteiger partial charge in [0.2, 0.25) is 0 Å². The van der Waals surface area contributed by atoms with Gasteiger partial charge in [0, 0.05) is 43.8 Å². The summed E-state index contributed by atoms with van der Waals surface area (Å²) in [4.78, 5) is 3.66. The van der Waals surface area contributed by atoms with Crippen LogP contribution >= 0.6 is 11.8 Å². The summed E-state index contributed by atoms with van der Waals surface area (Å²) < 4.78 is 2.60. The molecule has 3 aliphatic rings. The van der Waals surface area contributed by atoms with Gasteiger partial charge in [0.15, 0.2) is 17.4 Å². The van der Waals surface area contributed by atoms with E-state index in [1.54, 1.807) is 0 Å². The van der Waals surface area contributed by atoms with Crippen LogP contribution in [0.1, 0.15) is 55.6 Å². The SMILES string of the molecule is Cc1cc(C=C2Sc3ccccc3N2C)cc(C)[n+]1[C@@H](C)[C@H]1C[C@H]2CC[C@H]1C2. The summed E-state index contributed by atoms with van der Waals surface area (Å²) in [5.41, 5.74) is 5.41. The van der Waals surface area contributed by atoms with Crippen molar-refractivity contribution in [2.45, 2.75) is 57.4 Å². The van der Waals surface area contributed by atoms with Crippen molar-refractivity contribution >= 4 is 23.5 Å². The standard InChI is InChI=1S/C25H31N2S/c1-16-11-20(15-25-26(4)23-7-5-6-8-24(23)28-25)12-17(2)27(16)18(3)22-14-19-9-10-21(22)13-19/h5-8,11-12,15,18-19,21-22H,9-10,13-14H2,1-4H3/q+1/t18-,19-,21-,22+/m0/s1. The second-order valence-corrected chi connectivity index (χ2v) is 10.2. The molecule has 2 fully saturated rings. The van der Waals surface area contributed by atoms with Crippen LogP contribution in [0.3, 0.4) is 0 Å². The fourth-order valence-corrected chi connectivity index (χ4v) is 7.24. The van der Waals surface area contributed by atoms with Crippen molar-refractivity contribution in [3.8, 4) is 0 Å². The molecular weight excluding hydrogens is 360 g/mol. The van der Waals surface area contributed by atoms with Crippen LogP contribution in [0.4, 0.5) is 5.69 Å². The number of para-hydroxylation sites is 1. The zero-order chi connectivity index (χ0) is 19.4. The fourth-order valence-electron chi connectivity index (χ4n) is 6.13. The molecule has 2 aliphatic carbocycles. The molecule has 4 atom stereocenters. The minimum atomic E-state index is 0.616. The van der Waals surface area contributed by atoms with Crippen molar-refractivity contribution < 1.29 is 4.57 Å². The van der Waals surface area contributed by atoms with Crippen LogP contribution in [0, 0.1) is 31.6 Å². The largest absolute Gasteiger partial charge is 0.338 e. The fraction of sp³-hybridized carbons (Fsp3) is 0.480. The second-order valence-electron chi connectivity index (χ2n) is 9.13. The molecule has 1 aromatic carbocycles. The molecule has 2 heterocycles. The second kappa shape index (κ2) is 6.95. The molecule has 0 radical (unpaired) electrons. The molecule has 5 rings (SSSR count). The van der Waals surface area contributed by atoms with Crippen molar-refractivity contribution in [3.05, 3.63) is 58.4 Å². The van der Waals surface area contributed by atoms with E-state index in [1.165, 1.54) is 58.2 Å². The molecule has 28 heavy (non-hydrogen) atoms. The molecule has 2 aromatic rings. The Labute approximate surface area is 173 Å². The zero-order valence-electron chi connectivity index (χ0n) is 17.5. The molecule has 2 saturated carbocycles. The Morgan fingerprint density at radius 3 is 2.50 bits per heavy atom. The van der Waals surface area contributed by atoms with Gasteiger partial charge in [0.1, 0.15) is 0 Å². The van der Waals surface area contributed by atoms with E-state index < -0.39 is 0 Å². The highest BCUT2D eigenvalue weighted by Crippen LogP contribution is 2.51. The number of fused-ring (bicyclic) bond motifs is 3. The van der Waals surface area contributed by atoms with Crippen molar-refractivity contribution in [1.82, 2.24) is 0 Å². The average molecular weight is 392 g/mol. The summed E-state index contributed by atoms with van der Waals surface area (Å²) in [5, 5.41) is 1.30. The van der Waals surface area contributed by atoms with E-state index in [0.29, 0.717) is 6.04 Å². The molecule has 0 unspecified atom stereocenters. The molecule has 2 nitrogen and oxygen atoms in total. The Morgan fingerprint density at radius 1 is 1.11 bits per heavy atom. The summed E-state index contributed by atoms with van der Waals surface area (Å²) in [6, 6.07) is 14.0. The van der Waals surface area contributed by atoms with Gasteiger partial charge in [-0.3, -0.25) is 0 Å². The van der Waals surface area contributed by atoms with E-state index in [4.69, 9.17) is 0 Å². The lowest BCUT2D eigenvalue weighted by atomic mass is 9.83. The van der Waals surface area contributed by atoms with Gasteiger partial charge in [-0.1, -0.05) is 30.3 Å². The molecule has 2 bridgehead atoms. The molecule has 3 heteroatoms. The molecule has 0 N–H and O–H groups in total. The minimum absolute atomic E-state index is 0.616. The Bertz CT molecular complexity index is 924. The van der Waals surface area contributed by atoms with Crippen LogP contribution < -0.4 is 9.47 Å². The topological polar surface area (TPSA) is 7.12 Å². The highest BCUT2D eigenvalue weighted by molar-refractivity contribution is 8.03. The third kappa shape index (κ3) is 2.99. The molecule has 146 valence electrons. The molecular formula is C25H31N2S+. The van der Waals surface area contributed by atoms with E-state index in [9.17, 15) is 0 Å². The first-order chi connectivity index (χ1) is 13.5. The lowest BCUT2D eigenvalue weighted by Gasteiger charge is -2.26. The van der Waals surface area contributed by atoms with Gasteiger partial charge in [-0.2, -0.15) is 4.57 Å². The van der Waals surface area contributed by atoms with Gasteiger partial charge in [-0.05, 0) is 61.8 Å². The lowest BCUT2D eigenvalue weighted by molar-refractivity contribution is -0.738. The monoisotopic (exact) mass is 391 g/mol. The number of aromatic nitrogens is 1. The Morgan fingerprint density at radius 2 is 1.86 bits per heavy atom. The van der Waals surface area contributed by atoms with Crippen LogP contribution in [0.2, 0.25) is 0 Å². The summed E-state index contributed by atoms with van der Waals surface area (Å²) in [6.07, 6.45) is 8.23. The molecule has 1 aliphatic heterocycles. The summed E-state index contributed by atoms with van der Waals surface area (Å²) in [6.45, 7) is 7.04. The van der Waals surface area contributed by atoms with Gasteiger partial charge in [-0.15, -0.1) is 0 Å². The van der Waals surface area contributed by atoms with E-state index in [1.807, 2.05) is 11.8 Å². The quantitative estimate of drug-likeness (QED) is 0.581. The number of hydrogen-bond donors (Lipinski definition) is 0. The van der Waals surface area contributed by atoms with Crippen molar-refractivity contribution in [2.24, 2.45) is 17.8 Å². The third-order valence-corrected chi connectivity index (χ3v) is 8.56. The third-order valence-electron chi connectivity index (χ3n) is 7.39. The minimum Gasteiger partial charge on any atom is -0.338 e. The number of anilines is 1. The predicted octanol–water partition coefficient (Wildman–Crippen LogP) is 6.13. The van der Waals surface area contributed by atoms with E-state index in [0.717, 1.165) is 17.8 Å². The number of rotatable bonds is 3. The Kier molecular flexibility index (Phi) is 4.54. The summed E-state index contributed by atoms with van der Waals surface area (Å²) in [5.74, 6) is 2.85. The number of nitrogens with zero attached hydrogens (tertiary/aromatic N) is 2. The molecule has 1 aromatic heterocycles. The number of thioether (sulfide) groups is 1. The smallest absolute Gasteiger partial charge is 0.179 e. The maximum Gasteiger partial charge on any atom is 0.179 e. The number of hydrogen-bond acceptors (Lipinski definition) is 2. The summed E-state index contributed by atoms with van der Waals surface area (Å²) in [7, 11) is 2.17. The average Bonchev–Trinajstić information content (AvgIpc) is 3.37. The van der Waals surface area contributed by atoms with Crippen LogP contribution in [0.15, 0.2) is 46.3 Å².